The summed E-state index contributed by atoms with van der Waals surface area (Å²) in [5.41, 5.74) is 4.04. The number of aromatic nitrogens is 3. The van der Waals surface area contributed by atoms with E-state index in [0.717, 1.165) is 23.2 Å². The van der Waals surface area contributed by atoms with E-state index in [4.69, 9.17) is 4.74 Å². The smallest absolute Gasteiger partial charge is 0.254 e. The maximum atomic E-state index is 12.6. The van der Waals surface area contributed by atoms with Gasteiger partial charge in [-0.25, -0.2) is 9.67 Å². The van der Waals surface area contributed by atoms with Gasteiger partial charge in [0.2, 0.25) is 0 Å². The second-order valence-corrected chi connectivity index (χ2v) is 5.93. The summed E-state index contributed by atoms with van der Waals surface area (Å²) >= 11 is 0. The van der Waals surface area contributed by atoms with E-state index in [-0.39, 0.29) is 5.91 Å². The van der Waals surface area contributed by atoms with Gasteiger partial charge in [0.25, 0.3) is 5.91 Å². The van der Waals surface area contributed by atoms with E-state index in [1.165, 1.54) is 11.9 Å². The molecule has 1 atom stereocenters. The molecule has 2 aromatic carbocycles. The molecule has 1 aliphatic rings. The fraction of sp³-hybridized carbons (Fsp3) is 0.211. The first kappa shape index (κ1) is 15.5. The lowest BCUT2D eigenvalue weighted by atomic mass is 9.97. The summed E-state index contributed by atoms with van der Waals surface area (Å²) in [5.74, 6) is -0.113. The molecule has 0 aliphatic carbocycles. The number of rotatable bonds is 4. The molecule has 1 aliphatic heterocycles. The van der Waals surface area contributed by atoms with Gasteiger partial charge >= 0.3 is 0 Å². The number of nitrogens with zero attached hydrogens (tertiary/aromatic N) is 3. The molecule has 2 heterocycles. The van der Waals surface area contributed by atoms with Crippen LogP contribution in [-0.2, 0) is 22.5 Å². The Hall–Kier alpha value is -2.99. The van der Waals surface area contributed by atoms with Crippen molar-refractivity contribution in [3.8, 4) is 5.69 Å². The van der Waals surface area contributed by atoms with Crippen LogP contribution in [0.1, 0.15) is 22.8 Å². The molecule has 0 saturated heterocycles. The van der Waals surface area contributed by atoms with E-state index >= 15 is 0 Å². The zero-order chi connectivity index (χ0) is 17.1. The Morgan fingerprint density at radius 3 is 3.04 bits per heavy atom. The van der Waals surface area contributed by atoms with Gasteiger partial charge in [0, 0.05) is 6.54 Å². The van der Waals surface area contributed by atoms with E-state index in [0.29, 0.717) is 13.2 Å². The number of amides is 1. The number of carbonyl (C=O) groups excluding carboxylic acids is 1. The van der Waals surface area contributed by atoms with Crippen LogP contribution in [-0.4, -0.2) is 27.3 Å². The predicted octanol–water partition coefficient (Wildman–Crippen LogP) is 2.20. The van der Waals surface area contributed by atoms with Crippen LogP contribution in [0.2, 0.25) is 0 Å². The van der Waals surface area contributed by atoms with Gasteiger partial charge < -0.3 is 10.1 Å². The SMILES string of the molecule is O=C(NCc1cccc(-n2cncn2)c1)C1OCCc2ccccc21. The first-order valence-electron chi connectivity index (χ1n) is 8.22. The van der Waals surface area contributed by atoms with Gasteiger partial charge in [0.15, 0.2) is 6.10 Å². The number of carbonyl (C=O) groups is 1. The van der Waals surface area contributed by atoms with E-state index in [1.807, 2.05) is 42.5 Å². The molecule has 6 nitrogen and oxygen atoms in total. The Morgan fingerprint density at radius 1 is 1.24 bits per heavy atom. The average molecular weight is 334 g/mol. The van der Waals surface area contributed by atoms with Crippen LogP contribution in [0.5, 0.6) is 0 Å². The van der Waals surface area contributed by atoms with Crippen LogP contribution in [0, 0.1) is 0 Å². The Kier molecular flexibility index (Phi) is 4.26. The molecular weight excluding hydrogens is 316 g/mol. The number of hydrogen-bond acceptors (Lipinski definition) is 4. The van der Waals surface area contributed by atoms with Gasteiger partial charge in [-0.15, -0.1) is 0 Å². The molecule has 1 N–H and O–H groups in total. The summed E-state index contributed by atoms with van der Waals surface area (Å²) in [6, 6.07) is 15.8. The monoisotopic (exact) mass is 334 g/mol. The first-order valence-corrected chi connectivity index (χ1v) is 8.22. The summed E-state index contributed by atoms with van der Waals surface area (Å²) < 4.78 is 7.39. The number of hydrogen-bond donors (Lipinski definition) is 1. The molecule has 1 unspecified atom stereocenters. The minimum absolute atomic E-state index is 0.113. The maximum absolute atomic E-state index is 12.6. The van der Waals surface area contributed by atoms with Crippen molar-refractivity contribution in [2.24, 2.45) is 0 Å². The van der Waals surface area contributed by atoms with Crippen molar-refractivity contribution in [1.29, 1.82) is 0 Å². The summed E-state index contributed by atoms with van der Waals surface area (Å²) in [7, 11) is 0. The molecule has 4 rings (SSSR count). The van der Waals surface area contributed by atoms with Crippen LogP contribution in [0.15, 0.2) is 61.2 Å². The third kappa shape index (κ3) is 3.29. The van der Waals surface area contributed by atoms with Crippen molar-refractivity contribution < 1.29 is 9.53 Å². The summed E-state index contributed by atoms with van der Waals surface area (Å²) in [6.45, 7) is 1.00. The molecule has 126 valence electrons. The van der Waals surface area contributed by atoms with Crippen LogP contribution < -0.4 is 5.32 Å². The van der Waals surface area contributed by atoms with Gasteiger partial charge in [-0.2, -0.15) is 5.10 Å². The van der Waals surface area contributed by atoms with Crippen LogP contribution in [0.25, 0.3) is 5.69 Å². The lowest BCUT2D eigenvalue weighted by Gasteiger charge is -2.25. The third-order valence-corrected chi connectivity index (χ3v) is 4.29. The molecule has 6 heteroatoms. The minimum Gasteiger partial charge on any atom is -0.363 e. The highest BCUT2D eigenvalue weighted by Crippen LogP contribution is 2.27. The fourth-order valence-corrected chi connectivity index (χ4v) is 3.04. The molecular formula is C19H18N4O2. The van der Waals surface area contributed by atoms with Crippen molar-refractivity contribution >= 4 is 5.91 Å². The second-order valence-electron chi connectivity index (χ2n) is 5.93. The number of ether oxygens (including phenoxy) is 1. The Morgan fingerprint density at radius 2 is 2.16 bits per heavy atom. The molecule has 1 amide bonds. The van der Waals surface area contributed by atoms with Crippen LogP contribution in [0.4, 0.5) is 0 Å². The highest BCUT2D eigenvalue weighted by molar-refractivity contribution is 5.82. The Bertz CT molecular complexity index is 877. The second kappa shape index (κ2) is 6.86. The fourth-order valence-electron chi connectivity index (χ4n) is 3.04. The van der Waals surface area contributed by atoms with Crippen molar-refractivity contribution in [3.63, 3.8) is 0 Å². The van der Waals surface area contributed by atoms with Crippen molar-refractivity contribution in [3.05, 3.63) is 77.9 Å². The highest BCUT2D eigenvalue weighted by Gasteiger charge is 2.26. The Labute approximate surface area is 145 Å². The molecule has 1 aromatic heterocycles. The quantitative estimate of drug-likeness (QED) is 0.794. The van der Waals surface area contributed by atoms with Crippen LogP contribution in [0.3, 0.4) is 0 Å². The van der Waals surface area contributed by atoms with Crippen molar-refractivity contribution in [1.82, 2.24) is 20.1 Å². The molecule has 0 fully saturated rings. The molecule has 0 bridgehead atoms. The summed E-state index contributed by atoms with van der Waals surface area (Å²) in [5, 5.41) is 7.09. The summed E-state index contributed by atoms with van der Waals surface area (Å²) in [4.78, 5) is 16.5. The molecule has 0 radical (unpaired) electrons. The Balaban J connectivity index is 1.46. The van der Waals surface area contributed by atoms with Gasteiger partial charge in [0.1, 0.15) is 12.7 Å². The van der Waals surface area contributed by atoms with E-state index in [1.54, 1.807) is 11.0 Å². The van der Waals surface area contributed by atoms with Crippen molar-refractivity contribution in [2.45, 2.75) is 19.1 Å². The van der Waals surface area contributed by atoms with E-state index < -0.39 is 6.10 Å². The standard InChI is InChI=1S/C19H18N4O2/c24-19(18-17-7-2-1-5-15(17)8-9-25-18)21-11-14-4-3-6-16(10-14)23-13-20-12-22-23/h1-7,10,12-13,18H,8-9,11H2,(H,21,24). The average Bonchev–Trinajstić information content (AvgIpc) is 3.21. The van der Waals surface area contributed by atoms with E-state index in [9.17, 15) is 4.79 Å². The molecule has 0 spiro atoms. The molecule has 3 aromatic rings. The predicted molar refractivity (Wildman–Crippen MR) is 92.0 cm³/mol. The largest absolute Gasteiger partial charge is 0.363 e. The number of nitrogens with one attached hydrogen (secondary N) is 1. The van der Waals surface area contributed by atoms with Crippen LogP contribution >= 0.6 is 0 Å². The van der Waals surface area contributed by atoms with Crippen molar-refractivity contribution in [2.75, 3.05) is 6.61 Å². The minimum atomic E-state index is -0.538. The highest BCUT2D eigenvalue weighted by atomic mass is 16.5. The lowest BCUT2D eigenvalue weighted by Crippen LogP contribution is -2.33. The van der Waals surface area contributed by atoms with E-state index in [2.05, 4.69) is 21.5 Å². The van der Waals surface area contributed by atoms with Gasteiger partial charge in [-0.05, 0) is 35.2 Å². The first-order chi connectivity index (χ1) is 12.3. The number of fused-ring (bicyclic) bond motifs is 1. The topological polar surface area (TPSA) is 69.0 Å². The van der Waals surface area contributed by atoms with Gasteiger partial charge in [0.05, 0.1) is 12.3 Å². The third-order valence-electron chi connectivity index (χ3n) is 4.29. The normalized spacial score (nSPS) is 16.2. The number of benzene rings is 2. The summed E-state index contributed by atoms with van der Waals surface area (Å²) in [6.07, 6.45) is 3.44. The lowest BCUT2D eigenvalue weighted by molar-refractivity contribution is -0.134. The zero-order valence-corrected chi connectivity index (χ0v) is 13.6. The molecule has 25 heavy (non-hydrogen) atoms. The molecule has 0 saturated carbocycles. The maximum Gasteiger partial charge on any atom is 0.254 e. The van der Waals surface area contributed by atoms with Gasteiger partial charge in [-0.3, -0.25) is 4.79 Å². The van der Waals surface area contributed by atoms with Gasteiger partial charge in [-0.1, -0.05) is 36.4 Å². The zero-order valence-electron chi connectivity index (χ0n) is 13.6.